The Morgan fingerprint density at radius 3 is 1.93 bits per heavy atom. The quantitative estimate of drug-likeness (QED) is 0.201. The normalized spacial score (nSPS) is 11.5. The van der Waals surface area contributed by atoms with Crippen LogP contribution in [-0.4, -0.2) is 14.5 Å². The van der Waals surface area contributed by atoms with Crippen LogP contribution in [0.5, 0.6) is 0 Å². The van der Waals surface area contributed by atoms with E-state index in [1.54, 1.807) is 0 Å². The van der Waals surface area contributed by atoms with Gasteiger partial charge in [-0.2, -0.15) is 0 Å². The van der Waals surface area contributed by atoms with Crippen molar-refractivity contribution in [2.24, 2.45) is 0 Å². The zero-order valence-electron chi connectivity index (χ0n) is 25.0. The molecule has 0 radical (unpaired) electrons. The molecule has 0 bridgehead atoms. The summed E-state index contributed by atoms with van der Waals surface area (Å²) in [5.74, 6) is 0.900. The lowest BCUT2D eigenvalue weighted by atomic mass is 9.99. The minimum atomic E-state index is 0.900. The SMILES string of the molecule is c1ccc(-c2ccc(N(c3ccccc3)c3cccc(-c4nc5cccc6c5n4-c4ccccc4-c4ncccc4-6)c3)cc2)cc1. The number of fused-ring (bicyclic) bond motifs is 5. The van der Waals surface area contributed by atoms with E-state index in [0.29, 0.717) is 0 Å². The van der Waals surface area contributed by atoms with E-state index in [1.807, 2.05) is 12.3 Å². The molecule has 0 N–H and O–H groups in total. The van der Waals surface area contributed by atoms with Gasteiger partial charge in [-0.1, -0.05) is 109 Å². The van der Waals surface area contributed by atoms with Gasteiger partial charge in [-0.15, -0.1) is 0 Å². The van der Waals surface area contributed by atoms with Gasteiger partial charge in [0.25, 0.3) is 0 Å². The van der Waals surface area contributed by atoms with Crippen molar-refractivity contribution in [3.63, 3.8) is 0 Å². The van der Waals surface area contributed by atoms with E-state index < -0.39 is 0 Å². The monoisotopic (exact) mass is 588 g/mol. The molecule has 0 unspecified atom stereocenters. The standard InChI is InChI=1S/C42H28N4/c1-3-12-29(13-4-1)30-23-25-33(26-24-30)45(32-15-5-2-6-16-32)34-17-9-14-31(28-34)42-44-38-21-10-19-36-35-20-11-27-43-40(35)37-18-7-8-22-39(37)46(42)41(36)38/h1-28H. The molecule has 46 heavy (non-hydrogen) atoms. The molecule has 1 aliphatic heterocycles. The number of para-hydroxylation sites is 3. The fourth-order valence-electron chi connectivity index (χ4n) is 6.72. The summed E-state index contributed by atoms with van der Waals surface area (Å²) in [7, 11) is 0. The Hall–Kier alpha value is -6.26. The Morgan fingerprint density at radius 1 is 0.457 bits per heavy atom. The van der Waals surface area contributed by atoms with Gasteiger partial charge in [0, 0.05) is 45.5 Å². The van der Waals surface area contributed by atoms with Crippen molar-refractivity contribution in [2.45, 2.75) is 0 Å². The molecular formula is C42H28N4. The molecule has 8 aromatic rings. The van der Waals surface area contributed by atoms with Crippen LogP contribution in [0.4, 0.5) is 17.1 Å². The molecule has 0 saturated heterocycles. The van der Waals surface area contributed by atoms with Crippen molar-refractivity contribution in [2.75, 3.05) is 4.90 Å². The third-order valence-corrected chi connectivity index (χ3v) is 8.78. The zero-order chi connectivity index (χ0) is 30.5. The van der Waals surface area contributed by atoms with E-state index in [0.717, 1.165) is 67.6 Å². The summed E-state index contributed by atoms with van der Waals surface area (Å²) in [5.41, 5.74) is 14.1. The van der Waals surface area contributed by atoms with Crippen molar-refractivity contribution in [3.8, 4) is 50.6 Å². The topological polar surface area (TPSA) is 34.0 Å². The first-order valence-electron chi connectivity index (χ1n) is 15.5. The minimum Gasteiger partial charge on any atom is -0.310 e. The largest absolute Gasteiger partial charge is 0.310 e. The molecule has 4 nitrogen and oxygen atoms in total. The minimum absolute atomic E-state index is 0.900. The van der Waals surface area contributed by atoms with Crippen molar-refractivity contribution < 1.29 is 0 Å². The number of pyridine rings is 1. The number of anilines is 3. The lowest BCUT2D eigenvalue weighted by molar-refractivity contribution is 1.10. The smallest absolute Gasteiger partial charge is 0.145 e. The molecule has 6 aromatic carbocycles. The molecule has 9 rings (SSSR count). The van der Waals surface area contributed by atoms with Crippen LogP contribution in [0.1, 0.15) is 0 Å². The van der Waals surface area contributed by atoms with Crippen LogP contribution in [0.15, 0.2) is 170 Å². The summed E-state index contributed by atoms with van der Waals surface area (Å²) < 4.78 is 2.32. The van der Waals surface area contributed by atoms with Gasteiger partial charge in [0.1, 0.15) is 5.82 Å². The van der Waals surface area contributed by atoms with E-state index in [9.17, 15) is 0 Å². The number of imidazole rings is 1. The van der Waals surface area contributed by atoms with Crippen LogP contribution in [0, 0.1) is 0 Å². The predicted octanol–water partition coefficient (Wildman–Crippen LogP) is 10.9. The first-order chi connectivity index (χ1) is 22.8. The van der Waals surface area contributed by atoms with Gasteiger partial charge in [-0.25, -0.2) is 4.98 Å². The lowest BCUT2D eigenvalue weighted by Gasteiger charge is -2.26. The highest BCUT2D eigenvalue weighted by Crippen LogP contribution is 2.45. The van der Waals surface area contributed by atoms with Crippen LogP contribution in [0.25, 0.3) is 61.6 Å². The molecule has 0 spiro atoms. The van der Waals surface area contributed by atoms with Crippen molar-refractivity contribution in [3.05, 3.63) is 170 Å². The van der Waals surface area contributed by atoms with E-state index in [-0.39, 0.29) is 0 Å². The number of benzene rings is 6. The van der Waals surface area contributed by atoms with Gasteiger partial charge < -0.3 is 4.90 Å². The maximum Gasteiger partial charge on any atom is 0.145 e. The summed E-state index contributed by atoms with van der Waals surface area (Å²) in [5, 5.41) is 0. The zero-order valence-corrected chi connectivity index (χ0v) is 25.0. The summed E-state index contributed by atoms with van der Waals surface area (Å²) >= 11 is 0. The number of aromatic nitrogens is 3. The fourth-order valence-corrected chi connectivity index (χ4v) is 6.72. The number of hydrogen-bond donors (Lipinski definition) is 0. The molecule has 0 aliphatic carbocycles. The second kappa shape index (κ2) is 10.7. The molecule has 0 amide bonds. The average molecular weight is 589 g/mol. The predicted molar refractivity (Wildman–Crippen MR) is 189 cm³/mol. The highest BCUT2D eigenvalue weighted by molar-refractivity contribution is 6.03. The highest BCUT2D eigenvalue weighted by atomic mass is 15.1. The summed E-state index contributed by atoms with van der Waals surface area (Å²) in [6.45, 7) is 0. The van der Waals surface area contributed by atoms with Gasteiger partial charge in [0.2, 0.25) is 0 Å². The molecule has 3 heterocycles. The summed E-state index contributed by atoms with van der Waals surface area (Å²) in [6.07, 6.45) is 1.88. The van der Waals surface area contributed by atoms with Gasteiger partial charge in [-0.05, 0) is 65.7 Å². The van der Waals surface area contributed by atoms with Crippen molar-refractivity contribution >= 4 is 28.1 Å². The third kappa shape index (κ3) is 4.23. The Kier molecular flexibility index (Phi) is 6.10. The van der Waals surface area contributed by atoms with E-state index >= 15 is 0 Å². The van der Waals surface area contributed by atoms with Crippen LogP contribution >= 0.6 is 0 Å². The van der Waals surface area contributed by atoms with Crippen LogP contribution in [0.3, 0.4) is 0 Å². The Balaban J connectivity index is 1.23. The van der Waals surface area contributed by atoms with Gasteiger partial charge in [0.15, 0.2) is 0 Å². The van der Waals surface area contributed by atoms with Crippen molar-refractivity contribution in [1.29, 1.82) is 0 Å². The van der Waals surface area contributed by atoms with Crippen molar-refractivity contribution in [1.82, 2.24) is 14.5 Å². The first kappa shape index (κ1) is 26.2. The molecule has 0 fully saturated rings. The highest BCUT2D eigenvalue weighted by Gasteiger charge is 2.26. The maximum atomic E-state index is 5.28. The number of nitrogens with zero attached hydrogens (tertiary/aromatic N) is 4. The molecule has 4 heteroatoms. The van der Waals surface area contributed by atoms with E-state index in [4.69, 9.17) is 9.97 Å². The molecular weight excluding hydrogens is 560 g/mol. The Morgan fingerprint density at radius 2 is 1.09 bits per heavy atom. The second-order valence-corrected chi connectivity index (χ2v) is 11.5. The molecule has 216 valence electrons. The van der Waals surface area contributed by atoms with Gasteiger partial charge >= 0.3 is 0 Å². The average Bonchev–Trinajstić information content (AvgIpc) is 3.47. The molecule has 0 atom stereocenters. The van der Waals surface area contributed by atoms with Gasteiger partial charge in [-0.3, -0.25) is 9.55 Å². The first-order valence-corrected chi connectivity index (χ1v) is 15.5. The van der Waals surface area contributed by atoms with E-state index in [1.165, 1.54) is 11.1 Å². The van der Waals surface area contributed by atoms with Crippen LogP contribution < -0.4 is 4.90 Å². The molecule has 1 aliphatic rings. The lowest BCUT2D eigenvalue weighted by Crippen LogP contribution is -2.10. The molecule has 2 aromatic heterocycles. The fraction of sp³-hybridized carbons (Fsp3) is 0. The van der Waals surface area contributed by atoms with Gasteiger partial charge in [0.05, 0.1) is 22.4 Å². The third-order valence-electron chi connectivity index (χ3n) is 8.78. The van der Waals surface area contributed by atoms with Crippen LogP contribution in [0.2, 0.25) is 0 Å². The molecule has 0 saturated carbocycles. The van der Waals surface area contributed by atoms with Crippen LogP contribution in [-0.2, 0) is 0 Å². The Labute approximate surface area is 267 Å². The second-order valence-electron chi connectivity index (χ2n) is 11.5. The Bertz CT molecular complexity index is 2360. The number of hydrogen-bond acceptors (Lipinski definition) is 3. The summed E-state index contributed by atoms with van der Waals surface area (Å²) in [4.78, 5) is 12.5. The maximum absolute atomic E-state index is 5.28. The van der Waals surface area contributed by atoms with E-state index in [2.05, 4.69) is 167 Å². The summed E-state index contributed by atoms with van der Waals surface area (Å²) in [6, 6.07) is 57.6. The number of rotatable bonds is 5.